The van der Waals surface area contributed by atoms with Crippen molar-refractivity contribution in [3.8, 4) is 0 Å². The Morgan fingerprint density at radius 2 is 1.50 bits per heavy atom. The smallest absolute Gasteiger partial charge is 0.378 e. The molecule has 0 bridgehead atoms. The van der Waals surface area contributed by atoms with E-state index in [0.717, 1.165) is 67.5 Å². The van der Waals surface area contributed by atoms with Gasteiger partial charge in [0.25, 0.3) is 0 Å². The molecule has 0 spiro atoms. The number of benzene rings is 2. The number of hydrogen-bond donors (Lipinski definition) is 0. The highest BCUT2D eigenvalue weighted by molar-refractivity contribution is 5.99. The van der Waals surface area contributed by atoms with E-state index in [1.807, 2.05) is 24.1 Å². The maximum absolute atomic E-state index is 13.5. The molecule has 2 aliphatic heterocycles. The molecule has 192 valence electrons. The van der Waals surface area contributed by atoms with Gasteiger partial charge in [-0.3, -0.25) is 4.90 Å². The Kier molecular flexibility index (Phi) is 6.98. The van der Waals surface area contributed by atoms with Crippen LogP contribution in [0.4, 0.5) is 29.2 Å². The van der Waals surface area contributed by atoms with Crippen LogP contribution in [0.2, 0.25) is 0 Å². The van der Waals surface area contributed by atoms with Crippen LogP contribution < -0.4 is 9.80 Å². The molecular weight excluding hydrogens is 474 g/mol. The molecule has 0 N–H and O–H groups in total. The van der Waals surface area contributed by atoms with E-state index in [-0.39, 0.29) is 18.2 Å². The first-order chi connectivity index (χ1) is 17.3. The minimum Gasteiger partial charge on any atom is -0.378 e. The molecule has 0 unspecified atom stereocenters. The van der Waals surface area contributed by atoms with Crippen LogP contribution >= 0.6 is 0 Å². The van der Waals surface area contributed by atoms with E-state index in [4.69, 9.17) is 4.74 Å². The summed E-state index contributed by atoms with van der Waals surface area (Å²) in [7, 11) is 1.83. The van der Waals surface area contributed by atoms with Crippen LogP contribution in [0.3, 0.4) is 0 Å². The third-order valence-electron chi connectivity index (χ3n) is 7.14. The molecule has 2 aromatic carbocycles. The predicted molar refractivity (Wildman–Crippen MR) is 131 cm³/mol. The molecule has 2 fully saturated rings. The first kappa shape index (κ1) is 24.7. The Morgan fingerprint density at radius 3 is 2.08 bits per heavy atom. The van der Waals surface area contributed by atoms with E-state index in [0.29, 0.717) is 19.3 Å². The normalized spacial score (nSPS) is 17.8. The second-order valence-corrected chi connectivity index (χ2v) is 9.42. The Hall–Kier alpha value is -2.98. The largest absolute Gasteiger partial charge is 0.416 e. The zero-order valence-electron chi connectivity index (χ0n) is 20.1. The van der Waals surface area contributed by atoms with Gasteiger partial charge in [-0.2, -0.15) is 13.2 Å². The maximum Gasteiger partial charge on any atom is 0.416 e. The van der Waals surface area contributed by atoms with Crippen molar-refractivity contribution in [1.29, 1.82) is 0 Å². The second-order valence-electron chi connectivity index (χ2n) is 9.42. The number of piperidine rings is 1. The fourth-order valence-corrected chi connectivity index (χ4v) is 5.18. The summed E-state index contributed by atoms with van der Waals surface area (Å²) in [6.45, 7) is 4.44. The van der Waals surface area contributed by atoms with Gasteiger partial charge in [-0.15, -0.1) is 10.2 Å². The highest BCUT2D eigenvalue weighted by Gasteiger charge is 2.34. The molecule has 36 heavy (non-hydrogen) atoms. The average Bonchev–Trinajstić information content (AvgIpc) is 2.89. The summed E-state index contributed by atoms with van der Waals surface area (Å²) < 4.78 is 59.2. The molecule has 1 aromatic heterocycles. The van der Waals surface area contributed by atoms with E-state index in [2.05, 4.69) is 32.1 Å². The van der Waals surface area contributed by atoms with Crippen LogP contribution in [0.15, 0.2) is 42.5 Å². The van der Waals surface area contributed by atoms with Crippen LogP contribution in [0.5, 0.6) is 0 Å². The molecule has 0 radical (unpaired) electrons. The number of morpholine rings is 1. The van der Waals surface area contributed by atoms with Crippen LogP contribution in [0.25, 0.3) is 10.8 Å². The molecule has 6 nitrogen and oxygen atoms in total. The zero-order valence-corrected chi connectivity index (χ0v) is 20.1. The second kappa shape index (κ2) is 10.2. The number of halogens is 4. The van der Waals surface area contributed by atoms with Gasteiger partial charge in [0.1, 0.15) is 5.82 Å². The molecule has 0 atom stereocenters. The van der Waals surface area contributed by atoms with Crippen LogP contribution in [-0.2, 0) is 17.5 Å². The number of aromatic nitrogens is 2. The molecule has 0 saturated carbocycles. The summed E-state index contributed by atoms with van der Waals surface area (Å²) in [5.41, 5.74) is -0.821. The van der Waals surface area contributed by atoms with Crippen molar-refractivity contribution in [1.82, 2.24) is 15.1 Å². The highest BCUT2D eigenvalue weighted by Crippen LogP contribution is 2.35. The Balaban J connectivity index is 1.29. The average molecular weight is 504 g/mol. The van der Waals surface area contributed by atoms with E-state index in [1.165, 1.54) is 6.07 Å². The first-order valence-electron chi connectivity index (χ1n) is 12.2. The van der Waals surface area contributed by atoms with Gasteiger partial charge < -0.3 is 14.5 Å². The van der Waals surface area contributed by atoms with Crippen molar-refractivity contribution in [3.05, 3.63) is 59.4 Å². The van der Waals surface area contributed by atoms with Gasteiger partial charge in [0.05, 0.1) is 18.8 Å². The summed E-state index contributed by atoms with van der Waals surface area (Å²) in [5.74, 6) is 0.823. The van der Waals surface area contributed by atoms with Crippen molar-refractivity contribution in [2.24, 2.45) is 0 Å². The third kappa shape index (κ3) is 5.10. The van der Waals surface area contributed by atoms with Crippen LogP contribution in [-0.4, -0.2) is 67.6 Å². The molecule has 10 heteroatoms. The number of nitrogens with zero attached hydrogens (tertiary/aromatic N) is 5. The lowest BCUT2D eigenvalue weighted by atomic mass is 10.0. The van der Waals surface area contributed by atoms with E-state index in [1.54, 1.807) is 0 Å². The maximum atomic E-state index is 13.5. The van der Waals surface area contributed by atoms with Gasteiger partial charge in [-0.05, 0) is 37.6 Å². The van der Waals surface area contributed by atoms with Crippen molar-refractivity contribution in [2.45, 2.75) is 31.6 Å². The zero-order chi connectivity index (χ0) is 25.3. The highest BCUT2D eigenvalue weighted by atomic mass is 19.4. The van der Waals surface area contributed by atoms with E-state index in [9.17, 15) is 17.6 Å². The fourth-order valence-electron chi connectivity index (χ4n) is 5.18. The number of hydrogen-bond acceptors (Lipinski definition) is 6. The minimum absolute atomic E-state index is 0.0874. The van der Waals surface area contributed by atoms with E-state index < -0.39 is 17.6 Å². The van der Waals surface area contributed by atoms with Crippen LogP contribution in [0, 0.1) is 5.82 Å². The monoisotopic (exact) mass is 503 g/mol. The van der Waals surface area contributed by atoms with E-state index >= 15 is 0 Å². The van der Waals surface area contributed by atoms with Crippen molar-refractivity contribution in [2.75, 3.05) is 56.2 Å². The predicted octanol–water partition coefficient (Wildman–Crippen LogP) is 4.73. The lowest BCUT2D eigenvalue weighted by molar-refractivity contribution is -0.138. The Bertz CT molecular complexity index is 1210. The number of ether oxygens (including phenoxy) is 1. The summed E-state index contributed by atoms with van der Waals surface area (Å²) in [4.78, 5) is 6.35. The van der Waals surface area contributed by atoms with Gasteiger partial charge in [-0.1, -0.05) is 30.3 Å². The molecule has 5 rings (SSSR count). The standard InChI is InChI=1S/C26H29F4N5O/c1-33(17-18-6-7-19(27)16-23(18)26(28,29)30)20-8-10-34(11-9-20)24-21-4-2-3-5-22(21)25(32-31-24)35-12-14-36-15-13-35/h2-7,16,20H,8-15,17H2,1H3. The summed E-state index contributed by atoms with van der Waals surface area (Å²) in [6.07, 6.45) is -3.03. The lowest BCUT2D eigenvalue weighted by Crippen LogP contribution is -2.43. The van der Waals surface area contributed by atoms with Gasteiger partial charge in [-0.25, -0.2) is 4.39 Å². The van der Waals surface area contributed by atoms with Gasteiger partial charge >= 0.3 is 6.18 Å². The quantitative estimate of drug-likeness (QED) is 0.470. The van der Waals surface area contributed by atoms with Gasteiger partial charge in [0, 0.05) is 49.5 Å². The summed E-state index contributed by atoms with van der Waals surface area (Å²) >= 11 is 0. The number of anilines is 2. The van der Waals surface area contributed by atoms with Crippen molar-refractivity contribution in [3.63, 3.8) is 0 Å². The summed E-state index contributed by atoms with van der Waals surface area (Å²) in [6, 6.07) is 11.2. The molecular formula is C26H29F4N5O. The number of rotatable bonds is 5. The van der Waals surface area contributed by atoms with Gasteiger partial charge in [0.2, 0.25) is 0 Å². The third-order valence-corrected chi connectivity index (χ3v) is 7.14. The molecule has 3 heterocycles. The number of fused-ring (bicyclic) bond motifs is 1. The molecule has 0 aliphatic carbocycles. The lowest BCUT2D eigenvalue weighted by Gasteiger charge is -2.38. The minimum atomic E-state index is -4.59. The number of alkyl halides is 3. The van der Waals surface area contributed by atoms with Crippen molar-refractivity contribution < 1.29 is 22.3 Å². The first-order valence-corrected chi connectivity index (χ1v) is 12.2. The molecule has 2 saturated heterocycles. The molecule has 0 amide bonds. The molecule has 2 aliphatic rings. The Morgan fingerprint density at radius 1 is 0.917 bits per heavy atom. The SMILES string of the molecule is CN(Cc1ccc(F)cc1C(F)(F)F)C1CCN(c2nnc(N3CCOCC3)c3ccccc23)CC1. The summed E-state index contributed by atoms with van der Waals surface area (Å²) in [5, 5.41) is 11.3. The Labute approximate surface area is 207 Å². The fraction of sp³-hybridized carbons (Fsp3) is 0.462. The molecule has 3 aromatic rings. The topological polar surface area (TPSA) is 44.7 Å². The van der Waals surface area contributed by atoms with Crippen molar-refractivity contribution >= 4 is 22.4 Å². The van der Waals surface area contributed by atoms with Crippen LogP contribution in [0.1, 0.15) is 24.0 Å². The van der Waals surface area contributed by atoms with Gasteiger partial charge in [0.15, 0.2) is 11.6 Å².